The van der Waals surface area contributed by atoms with Crippen molar-refractivity contribution in [1.82, 2.24) is 0 Å². The first-order valence-corrected chi connectivity index (χ1v) is 6.52. The molecule has 0 radical (unpaired) electrons. The predicted octanol–water partition coefficient (Wildman–Crippen LogP) is 1.72. The molecule has 0 heterocycles. The van der Waals surface area contributed by atoms with Crippen molar-refractivity contribution < 1.29 is 38.1 Å². The van der Waals surface area contributed by atoms with E-state index in [0.29, 0.717) is 5.56 Å². The van der Waals surface area contributed by atoms with Gasteiger partial charge in [0.05, 0.1) is 5.56 Å². The fourth-order valence-electron chi connectivity index (χ4n) is 1.42. The number of hydrogen-bond donors (Lipinski definition) is 0. The van der Waals surface area contributed by atoms with E-state index in [0.717, 1.165) is 0 Å². The molecule has 0 amide bonds. The van der Waals surface area contributed by atoms with Crippen molar-refractivity contribution in [1.29, 1.82) is 0 Å². The fraction of sp³-hybridized carbons (Fsp3) is 0.375. The zero-order valence-electron chi connectivity index (χ0n) is 12.7. The summed E-state index contributed by atoms with van der Waals surface area (Å²) in [4.78, 5) is 45.1. The number of ether oxygens (including phenoxy) is 4. The highest BCUT2D eigenvalue weighted by Gasteiger charge is 2.13. The number of methoxy groups -OCH3 is 1. The van der Waals surface area contributed by atoms with E-state index < -0.39 is 31.1 Å². The van der Waals surface area contributed by atoms with Crippen LogP contribution in [0.4, 0.5) is 0 Å². The maximum Gasteiger partial charge on any atom is 0.340 e. The van der Waals surface area contributed by atoms with Crippen molar-refractivity contribution in [2.75, 3.05) is 20.7 Å². The molecule has 8 nitrogen and oxygen atoms in total. The number of carbonyl (C=O) groups is 4. The zero-order valence-corrected chi connectivity index (χ0v) is 12.7. The van der Waals surface area contributed by atoms with Crippen LogP contribution in [0.25, 0.3) is 0 Å². The summed E-state index contributed by atoms with van der Waals surface area (Å²) in [5.41, 5.74) is 0.660. The van der Waals surface area contributed by atoms with Crippen molar-refractivity contribution in [3.8, 4) is 0 Å². The molecule has 0 aliphatic rings. The van der Waals surface area contributed by atoms with Gasteiger partial charge in [0.1, 0.15) is 6.42 Å². The molecular weight excluding hydrogens is 320 g/mol. The Bertz CT molecular complexity index is 576. The molecular formula is C16H20O8. The second kappa shape index (κ2) is 10.9. The number of benzene rings is 1. The molecule has 1 aromatic rings. The average molecular weight is 340 g/mol. The maximum atomic E-state index is 11.7. The molecule has 0 aliphatic heterocycles. The molecule has 24 heavy (non-hydrogen) atoms. The minimum absolute atomic E-state index is 0. The standard InChI is InChI=1S/C15H16O8.CH4/c1-10(16)11-3-5-12(6-4-11)15(19)23-9-22-14(18)7-13(17)21-8-20-2;/h3-6H,7-9H2,1-2H3;1H4. The quantitative estimate of drug-likeness (QED) is 0.305. The lowest BCUT2D eigenvalue weighted by Crippen LogP contribution is -2.17. The Morgan fingerprint density at radius 3 is 1.83 bits per heavy atom. The van der Waals surface area contributed by atoms with E-state index in [-0.39, 0.29) is 25.6 Å². The molecule has 0 bridgehead atoms. The second-order valence-electron chi connectivity index (χ2n) is 4.30. The summed E-state index contributed by atoms with van der Waals surface area (Å²) in [6.07, 6.45) is -0.617. The molecule has 0 aliphatic carbocycles. The number of carbonyl (C=O) groups excluding carboxylic acids is 4. The van der Waals surface area contributed by atoms with Gasteiger partial charge >= 0.3 is 17.9 Å². The predicted molar refractivity (Wildman–Crippen MR) is 82.1 cm³/mol. The van der Waals surface area contributed by atoms with Crippen LogP contribution in [0, 0.1) is 0 Å². The fourth-order valence-corrected chi connectivity index (χ4v) is 1.42. The minimum atomic E-state index is -0.897. The first-order chi connectivity index (χ1) is 10.9. The highest BCUT2D eigenvalue weighted by molar-refractivity contribution is 5.96. The van der Waals surface area contributed by atoms with E-state index in [1.54, 1.807) is 0 Å². The molecule has 0 saturated carbocycles. The minimum Gasteiger partial charge on any atom is -0.438 e. The van der Waals surface area contributed by atoms with Gasteiger partial charge in [-0.3, -0.25) is 14.4 Å². The van der Waals surface area contributed by atoms with Gasteiger partial charge in [0, 0.05) is 12.7 Å². The van der Waals surface area contributed by atoms with E-state index in [4.69, 9.17) is 4.74 Å². The normalized spacial score (nSPS) is 9.42. The summed E-state index contributed by atoms with van der Waals surface area (Å²) >= 11 is 0. The van der Waals surface area contributed by atoms with Crippen LogP contribution < -0.4 is 0 Å². The van der Waals surface area contributed by atoms with Gasteiger partial charge in [0.15, 0.2) is 12.6 Å². The van der Waals surface area contributed by atoms with Crippen molar-refractivity contribution in [2.24, 2.45) is 0 Å². The molecule has 132 valence electrons. The monoisotopic (exact) mass is 340 g/mol. The third kappa shape index (κ3) is 7.50. The second-order valence-corrected chi connectivity index (χ2v) is 4.30. The van der Waals surface area contributed by atoms with Crippen LogP contribution >= 0.6 is 0 Å². The van der Waals surface area contributed by atoms with Gasteiger partial charge in [0.2, 0.25) is 6.79 Å². The van der Waals surface area contributed by atoms with Crippen LogP contribution in [0.3, 0.4) is 0 Å². The van der Waals surface area contributed by atoms with Crippen LogP contribution in [-0.4, -0.2) is 44.4 Å². The summed E-state index contributed by atoms with van der Waals surface area (Å²) in [6, 6.07) is 5.81. The first kappa shape index (κ1) is 21.3. The Morgan fingerprint density at radius 2 is 1.33 bits per heavy atom. The Labute approximate surface area is 139 Å². The van der Waals surface area contributed by atoms with E-state index in [1.165, 1.54) is 38.3 Å². The molecule has 8 heteroatoms. The van der Waals surface area contributed by atoms with Gasteiger partial charge in [-0.05, 0) is 19.1 Å². The van der Waals surface area contributed by atoms with E-state index in [1.807, 2.05) is 0 Å². The molecule has 0 saturated heterocycles. The Balaban J connectivity index is 0.00000529. The molecule has 0 N–H and O–H groups in total. The van der Waals surface area contributed by atoms with Gasteiger partial charge in [0.25, 0.3) is 0 Å². The van der Waals surface area contributed by atoms with Crippen molar-refractivity contribution in [3.63, 3.8) is 0 Å². The lowest BCUT2D eigenvalue weighted by Gasteiger charge is -2.07. The van der Waals surface area contributed by atoms with Crippen molar-refractivity contribution in [3.05, 3.63) is 35.4 Å². The SMILES string of the molecule is C.COCOC(=O)CC(=O)OCOC(=O)c1ccc(C(C)=O)cc1. The summed E-state index contributed by atoms with van der Waals surface area (Å²) < 4.78 is 18.3. The Kier molecular flexibility index (Phi) is 9.65. The van der Waals surface area contributed by atoms with Crippen molar-refractivity contribution >= 4 is 23.7 Å². The van der Waals surface area contributed by atoms with Crippen LogP contribution in [-0.2, 0) is 28.5 Å². The van der Waals surface area contributed by atoms with E-state index in [9.17, 15) is 19.2 Å². The van der Waals surface area contributed by atoms with Gasteiger partial charge < -0.3 is 18.9 Å². The molecule has 1 aromatic carbocycles. The lowest BCUT2D eigenvalue weighted by molar-refractivity contribution is -0.164. The zero-order chi connectivity index (χ0) is 17.2. The summed E-state index contributed by atoms with van der Waals surface area (Å²) in [7, 11) is 1.33. The van der Waals surface area contributed by atoms with Gasteiger partial charge in [-0.15, -0.1) is 0 Å². The lowest BCUT2D eigenvalue weighted by atomic mass is 10.1. The highest BCUT2D eigenvalue weighted by atomic mass is 16.7. The summed E-state index contributed by atoms with van der Waals surface area (Å²) in [5, 5.41) is 0. The number of hydrogen-bond acceptors (Lipinski definition) is 8. The van der Waals surface area contributed by atoms with E-state index >= 15 is 0 Å². The Hall–Kier alpha value is -2.74. The first-order valence-electron chi connectivity index (χ1n) is 6.52. The topological polar surface area (TPSA) is 105 Å². The van der Waals surface area contributed by atoms with Crippen LogP contribution in [0.15, 0.2) is 24.3 Å². The number of esters is 3. The highest BCUT2D eigenvalue weighted by Crippen LogP contribution is 2.07. The summed E-state index contributed by atoms with van der Waals surface area (Å²) in [5.74, 6) is -2.57. The number of Topliss-reactive ketones (excluding diaryl/α,β-unsaturated/α-hetero) is 1. The van der Waals surface area contributed by atoms with Crippen LogP contribution in [0.5, 0.6) is 0 Å². The third-order valence-electron chi connectivity index (χ3n) is 2.56. The van der Waals surface area contributed by atoms with Gasteiger partial charge in [-0.25, -0.2) is 4.79 Å². The van der Waals surface area contributed by atoms with Crippen molar-refractivity contribution in [2.45, 2.75) is 20.8 Å². The van der Waals surface area contributed by atoms with Crippen LogP contribution in [0.1, 0.15) is 41.5 Å². The maximum absolute atomic E-state index is 11.7. The van der Waals surface area contributed by atoms with Gasteiger partial charge in [-0.1, -0.05) is 19.6 Å². The molecule has 0 fully saturated rings. The molecule has 1 rings (SSSR count). The summed E-state index contributed by atoms with van der Waals surface area (Å²) in [6.45, 7) is 0.505. The number of rotatable bonds is 8. The molecule has 0 atom stereocenters. The molecule has 0 unspecified atom stereocenters. The Morgan fingerprint density at radius 1 is 0.833 bits per heavy atom. The third-order valence-corrected chi connectivity index (χ3v) is 2.56. The smallest absolute Gasteiger partial charge is 0.340 e. The van der Waals surface area contributed by atoms with E-state index in [2.05, 4.69) is 14.2 Å². The molecule has 0 aromatic heterocycles. The number of ketones is 1. The average Bonchev–Trinajstić information content (AvgIpc) is 2.52. The van der Waals surface area contributed by atoms with Crippen LogP contribution in [0.2, 0.25) is 0 Å². The van der Waals surface area contributed by atoms with Gasteiger partial charge in [-0.2, -0.15) is 0 Å². The molecule has 0 spiro atoms. The largest absolute Gasteiger partial charge is 0.438 e.